The third-order valence-corrected chi connectivity index (χ3v) is 4.91. The number of halogens is 2. The molecule has 0 saturated carbocycles. The number of benzene rings is 1. The first-order valence-corrected chi connectivity index (χ1v) is 9.28. The van der Waals surface area contributed by atoms with Crippen LogP contribution in [-0.2, 0) is 5.75 Å². The Kier molecular flexibility index (Phi) is 5.14. The maximum absolute atomic E-state index is 6.04. The van der Waals surface area contributed by atoms with Crippen molar-refractivity contribution in [2.45, 2.75) is 30.8 Å². The van der Waals surface area contributed by atoms with Crippen molar-refractivity contribution in [2.24, 2.45) is 0 Å². The van der Waals surface area contributed by atoms with Gasteiger partial charge in [0.05, 0.1) is 0 Å². The van der Waals surface area contributed by atoms with Crippen molar-refractivity contribution in [1.82, 2.24) is 14.8 Å². The van der Waals surface area contributed by atoms with Crippen LogP contribution in [0.2, 0.25) is 5.02 Å². The number of thioether (sulfide) groups is 1. The maximum atomic E-state index is 6.04. The second-order valence-corrected chi connectivity index (χ2v) is 7.45. The Bertz CT molecular complexity index is 815. The van der Waals surface area contributed by atoms with Gasteiger partial charge in [0.15, 0.2) is 15.6 Å². The molecule has 0 amide bonds. The number of furan rings is 1. The highest BCUT2D eigenvalue weighted by atomic mass is 79.9. The van der Waals surface area contributed by atoms with Gasteiger partial charge in [-0.1, -0.05) is 35.5 Å². The predicted octanol–water partition coefficient (Wildman–Crippen LogP) is 5.83. The molecule has 0 aliphatic carbocycles. The zero-order valence-corrected chi connectivity index (χ0v) is 15.8. The van der Waals surface area contributed by atoms with Crippen molar-refractivity contribution in [2.75, 3.05) is 0 Å². The molecular weight excluding hydrogens is 398 g/mol. The van der Waals surface area contributed by atoms with E-state index in [0.717, 1.165) is 27.3 Å². The fraction of sp³-hybridized carbons (Fsp3) is 0.250. The SMILES string of the molecule is CC(C)n1c(SCc2cccc(Cl)c2)nnc1-c1ccc(Br)o1. The Hall–Kier alpha value is -1.24. The molecule has 4 nitrogen and oxygen atoms in total. The van der Waals surface area contributed by atoms with Gasteiger partial charge in [0.2, 0.25) is 5.82 Å². The molecule has 23 heavy (non-hydrogen) atoms. The highest BCUT2D eigenvalue weighted by Gasteiger charge is 2.19. The normalized spacial score (nSPS) is 11.3. The standard InChI is InChI=1S/C16H15BrClN3OS/c1-10(2)21-15(13-6-7-14(17)22-13)19-20-16(21)23-9-11-4-3-5-12(18)8-11/h3-8,10H,9H2,1-2H3. The van der Waals surface area contributed by atoms with E-state index in [2.05, 4.69) is 50.6 Å². The lowest BCUT2D eigenvalue weighted by atomic mass is 10.2. The summed E-state index contributed by atoms with van der Waals surface area (Å²) in [5.41, 5.74) is 1.16. The van der Waals surface area contributed by atoms with Crippen molar-refractivity contribution in [3.05, 3.63) is 51.7 Å². The zero-order chi connectivity index (χ0) is 16.4. The number of nitrogens with zero attached hydrogens (tertiary/aromatic N) is 3. The number of hydrogen-bond acceptors (Lipinski definition) is 4. The van der Waals surface area contributed by atoms with Crippen molar-refractivity contribution in [1.29, 1.82) is 0 Å². The fourth-order valence-corrected chi connectivity index (χ4v) is 3.75. The van der Waals surface area contributed by atoms with Gasteiger partial charge < -0.3 is 4.42 Å². The average molecular weight is 413 g/mol. The summed E-state index contributed by atoms with van der Waals surface area (Å²) in [7, 11) is 0. The molecule has 0 aliphatic heterocycles. The van der Waals surface area contributed by atoms with E-state index in [9.17, 15) is 0 Å². The molecule has 0 saturated heterocycles. The molecule has 0 aliphatic rings. The predicted molar refractivity (Wildman–Crippen MR) is 96.8 cm³/mol. The van der Waals surface area contributed by atoms with Crippen LogP contribution in [0.15, 0.2) is 50.6 Å². The van der Waals surface area contributed by atoms with Gasteiger partial charge in [-0.05, 0) is 59.6 Å². The first-order valence-electron chi connectivity index (χ1n) is 7.12. The topological polar surface area (TPSA) is 43.9 Å². The summed E-state index contributed by atoms with van der Waals surface area (Å²) in [6.07, 6.45) is 0. The van der Waals surface area contributed by atoms with E-state index in [4.69, 9.17) is 16.0 Å². The second kappa shape index (κ2) is 7.11. The van der Waals surface area contributed by atoms with E-state index in [1.165, 1.54) is 0 Å². The van der Waals surface area contributed by atoms with Crippen LogP contribution in [0, 0.1) is 0 Å². The van der Waals surface area contributed by atoms with Gasteiger partial charge in [-0.15, -0.1) is 10.2 Å². The van der Waals surface area contributed by atoms with E-state index in [0.29, 0.717) is 10.4 Å². The van der Waals surface area contributed by atoms with E-state index >= 15 is 0 Å². The summed E-state index contributed by atoms with van der Waals surface area (Å²) in [6, 6.07) is 11.8. The molecule has 120 valence electrons. The molecule has 0 atom stereocenters. The summed E-state index contributed by atoms with van der Waals surface area (Å²) in [5.74, 6) is 2.22. The van der Waals surface area contributed by atoms with E-state index in [-0.39, 0.29) is 6.04 Å². The van der Waals surface area contributed by atoms with Gasteiger partial charge in [-0.2, -0.15) is 0 Å². The Labute approximate surface area is 152 Å². The minimum atomic E-state index is 0.228. The molecule has 0 unspecified atom stereocenters. The molecule has 2 heterocycles. The summed E-state index contributed by atoms with van der Waals surface area (Å²) in [4.78, 5) is 0. The van der Waals surface area contributed by atoms with E-state index in [1.54, 1.807) is 11.8 Å². The monoisotopic (exact) mass is 411 g/mol. The number of hydrogen-bond donors (Lipinski definition) is 0. The van der Waals surface area contributed by atoms with Crippen LogP contribution in [0.25, 0.3) is 11.6 Å². The van der Waals surface area contributed by atoms with Gasteiger partial charge in [-0.25, -0.2) is 0 Å². The third kappa shape index (κ3) is 3.82. The minimum Gasteiger partial charge on any atom is -0.446 e. The quantitative estimate of drug-likeness (QED) is 0.495. The lowest BCUT2D eigenvalue weighted by molar-refractivity contribution is 0.519. The second-order valence-electron chi connectivity index (χ2n) is 5.29. The molecular formula is C16H15BrClN3OS. The van der Waals surface area contributed by atoms with Gasteiger partial charge in [0, 0.05) is 16.8 Å². The van der Waals surface area contributed by atoms with Gasteiger partial charge >= 0.3 is 0 Å². The number of rotatable bonds is 5. The maximum Gasteiger partial charge on any atom is 0.200 e. The smallest absolute Gasteiger partial charge is 0.200 e. The van der Waals surface area contributed by atoms with Crippen LogP contribution in [-0.4, -0.2) is 14.8 Å². The van der Waals surface area contributed by atoms with Gasteiger partial charge in [0.1, 0.15) is 0 Å². The summed E-state index contributed by atoms with van der Waals surface area (Å²) >= 11 is 11.0. The lowest BCUT2D eigenvalue weighted by Gasteiger charge is -2.12. The largest absolute Gasteiger partial charge is 0.446 e. The molecule has 3 aromatic rings. The molecule has 3 rings (SSSR count). The van der Waals surface area contributed by atoms with Crippen LogP contribution < -0.4 is 0 Å². The highest BCUT2D eigenvalue weighted by Crippen LogP contribution is 2.31. The molecule has 2 aromatic heterocycles. The Balaban J connectivity index is 1.86. The van der Waals surface area contributed by atoms with Crippen molar-refractivity contribution in [3.8, 4) is 11.6 Å². The highest BCUT2D eigenvalue weighted by molar-refractivity contribution is 9.10. The summed E-state index contributed by atoms with van der Waals surface area (Å²) in [5, 5.41) is 10.2. The molecule has 1 aromatic carbocycles. The van der Waals surface area contributed by atoms with Crippen molar-refractivity contribution >= 4 is 39.3 Å². The summed E-state index contributed by atoms with van der Waals surface area (Å²) in [6.45, 7) is 4.21. The van der Waals surface area contributed by atoms with Crippen LogP contribution in [0.5, 0.6) is 0 Å². The van der Waals surface area contributed by atoms with Crippen molar-refractivity contribution in [3.63, 3.8) is 0 Å². The molecule has 0 spiro atoms. The first-order chi connectivity index (χ1) is 11.0. The Morgan fingerprint density at radius 1 is 1.26 bits per heavy atom. The van der Waals surface area contributed by atoms with Crippen LogP contribution in [0.1, 0.15) is 25.5 Å². The molecule has 0 N–H and O–H groups in total. The lowest BCUT2D eigenvalue weighted by Crippen LogP contribution is -2.04. The van der Waals surface area contributed by atoms with E-state index in [1.807, 2.05) is 30.3 Å². The molecule has 7 heteroatoms. The Morgan fingerprint density at radius 3 is 2.74 bits per heavy atom. The first kappa shape index (κ1) is 16.6. The Morgan fingerprint density at radius 2 is 2.09 bits per heavy atom. The van der Waals surface area contributed by atoms with Gasteiger partial charge in [0.25, 0.3) is 0 Å². The zero-order valence-electron chi connectivity index (χ0n) is 12.7. The van der Waals surface area contributed by atoms with Gasteiger partial charge in [-0.3, -0.25) is 4.57 Å². The van der Waals surface area contributed by atoms with Crippen LogP contribution in [0.4, 0.5) is 0 Å². The average Bonchev–Trinajstić information content (AvgIpc) is 3.11. The minimum absolute atomic E-state index is 0.228. The van der Waals surface area contributed by atoms with Crippen molar-refractivity contribution < 1.29 is 4.42 Å². The molecule has 0 bridgehead atoms. The number of aromatic nitrogens is 3. The van der Waals surface area contributed by atoms with Crippen LogP contribution >= 0.6 is 39.3 Å². The third-order valence-electron chi connectivity index (χ3n) is 3.23. The molecule has 0 radical (unpaired) electrons. The summed E-state index contributed by atoms with van der Waals surface area (Å²) < 4.78 is 8.38. The van der Waals surface area contributed by atoms with E-state index < -0.39 is 0 Å². The molecule has 0 fully saturated rings. The van der Waals surface area contributed by atoms with Crippen LogP contribution in [0.3, 0.4) is 0 Å². The fourth-order valence-electron chi connectivity index (χ4n) is 2.22.